The highest BCUT2D eigenvalue weighted by molar-refractivity contribution is 5.74. The third kappa shape index (κ3) is 5.49. The SMILES string of the molecule is CC(c1ccc(-n2cncn2)cc1)N(C)C(=O)NCc1ccc(OC(F)(F)F)cc1. The predicted molar refractivity (Wildman–Crippen MR) is 103 cm³/mol. The molecule has 0 bridgehead atoms. The molecule has 30 heavy (non-hydrogen) atoms. The summed E-state index contributed by atoms with van der Waals surface area (Å²) in [4.78, 5) is 17.9. The lowest BCUT2D eigenvalue weighted by atomic mass is 10.1. The first-order valence-electron chi connectivity index (χ1n) is 9.03. The van der Waals surface area contributed by atoms with Crippen LogP contribution in [0.1, 0.15) is 24.1 Å². The van der Waals surface area contributed by atoms with E-state index in [9.17, 15) is 18.0 Å². The van der Waals surface area contributed by atoms with E-state index >= 15 is 0 Å². The first-order valence-corrected chi connectivity index (χ1v) is 9.03. The van der Waals surface area contributed by atoms with Gasteiger partial charge in [0, 0.05) is 13.6 Å². The van der Waals surface area contributed by atoms with Gasteiger partial charge in [0.05, 0.1) is 11.7 Å². The van der Waals surface area contributed by atoms with Crippen molar-refractivity contribution in [3.05, 3.63) is 72.3 Å². The maximum Gasteiger partial charge on any atom is 0.573 e. The van der Waals surface area contributed by atoms with Crippen LogP contribution in [0.3, 0.4) is 0 Å². The van der Waals surface area contributed by atoms with Crippen molar-refractivity contribution in [2.75, 3.05) is 7.05 Å². The van der Waals surface area contributed by atoms with Crippen molar-refractivity contribution >= 4 is 6.03 Å². The number of carbonyl (C=O) groups is 1. The molecule has 2 aromatic carbocycles. The van der Waals surface area contributed by atoms with Crippen LogP contribution in [0.5, 0.6) is 5.75 Å². The Morgan fingerprint density at radius 2 is 1.83 bits per heavy atom. The number of nitrogens with zero attached hydrogens (tertiary/aromatic N) is 4. The van der Waals surface area contributed by atoms with E-state index in [0.29, 0.717) is 5.56 Å². The Morgan fingerprint density at radius 1 is 1.17 bits per heavy atom. The number of urea groups is 1. The summed E-state index contributed by atoms with van der Waals surface area (Å²) < 4.78 is 42.1. The number of benzene rings is 2. The Bertz CT molecular complexity index is 958. The van der Waals surface area contributed by atoms with E-state index in [-0.39, 0.29) is 24.4 Å². The Hall–Kier alpha value is -3.56. The molecule has 1 heterocycles. The topological polar surface area (TPSA) is 72.3 Å². The van der Waals surface area contributed by atoms with Gasteiger partial charge in [0.15, 0.2) is 0 Å². The van der Waals surface area contributed by atoms with Gasteiger partial charge >= 0.3 is 12.4 Å². The van der Waals surface area contributed by atoms with Crippen molar-refractivity contribution in [2.24, 2.45) is 0 Å². The molecular weight excluding hydrogens is 399 g/mol. The Morgan fingerprint density at radius 3 is 2.40 bits per heavy atom. The fourth-order valence-electron chi connectivity index (χ4n) is 2.76. The molecule has 3 aromatic rings. The van der Waals surface area contributed by atoms with E-state index in [1.165, 1.54) is 30.6 Å². The average molecular weight is 419 g/mol. The second-order valence-corrected chi connectivity index (χ2v) is 6.57. The van der Waals surface area contributed by atoms with Crippen molar-refractivity contribution in [1.82, 2.24) is 25.0 Å². The number of alkyl halides is 3. The number of hydrogen-bond donors (Lipinski definition) is 1. The lowest BCUT2D eigenvalue weighted by Crippen LogP contribution is -2.38. The molecule has 0 saturated heterocycles. The van der Waals surface area contributed by atoms with Crippen molar-refractivity contribution in [1.29, 1.82) is 0 Å². The van der Waals surface area contributed by atoms with E-state index < -0.39 is 6.36 Å². The van der Waals surface area contributed by atoms with Crippen molar-refractivity contribution < 1.29 is 22.7 Å². The first-order chi connectivity index (χ1) is 14.2. The molecule has 0 radical (unpaired) electrons. The van der Waals surface area contributed by atoms with Crippen LogP contribution in [0.2, 0.25) is 0 Å². The van der Waals surface area contributed by atoms with Gasteiger partial charge in [0.2, 0.25) is 0 Å². The molecule has 0 saturated carbocycles. The third-order valence-corrected chi connectivity index (χ3v) is 4.56. The molecule has 3 rings (SSSR count). The van der Waals surface area contributed by atoms with Gasteiger partial charge in [0.1, 0.15) is 18.4 Å². The monoisotopic (exact) mass is 419 g/mol. The zero-order valence-electron chi connectivity index (χ0n) is 16.3. The van der Waals surface area contributed by atoms with E-state index in [4.69, 9.17) is 0 Å². The molecule has 1 unspecified atom stereocenters. The number of nitrogens with one attached hydrogen (secondary N) is 1. The lowest BCUT2D eigenvalue weighted by molar-refractivity contribution is -0.274. The Labute approximate surface area is 171 Å². The van der Waals surface area contributed by atoms with Crippen LogP contribution >= 0.6 is 0 Å². The quantitative estimate of drug-likeness (QED) is 0.654. The summed E-state index contributed by atoms with van der Waals surface area (Å²) >= 11 is 0. The molecule has 1 atom stereocenters. The van der Waals surface area contributed by atoms with Crippen LogP contribution in [0.4, 0.5) is 18.0 Å². The Kier molecular flexibility index (Phi) is 6.24. The summed E-state index contributed by atoms with van der Waals surface area (Å²) in [6.45, 7) is 2.07. The molecule has 7 nitrogen and oxygen atoms in total. The number of rotatable bonds is 6. The number of ether oxygens (including phenoxy) is 1. The molecule has 0 fully saturated rings. The molecule has 0 aliphatic rings. The number of carbonyl (C=O) groups excluding carboxylic acids is 1. The third-order valence-electron chi connectivity index (χ3n) is 4.56. The summed E-state index contributed by atoms with van der Waals surface area (Å²) in [5.41, 5.74) is 2.44. The molecule has 1 aromatic heterocycles. The van der Waals surface area contributed by atoms with E-state index in [1.807, 2.05) is 31.2 Å². The van der Waals surface area contributed by atoms with Gasteiger partial charge in [-0.25, -0.2) is 14.5 Å². The second-order valence-electron chi connectivity index (χ2n) is 6.57. The highest BCUT2D eigenvalue weighted by Crippen LogP contribution is 2.23. The second kappa shape index (κ2) is 8.85. The molecule has 0 aliphatic heterocycles. The molecular formula is C20H20F3N5O2. The largest absolute Gasteiger partial charge is 0.573 e. The van der Waals surface area contributed by atoms with Crippen LogP contribution in [0.25, 0.3) is 5.69 Å². The number of aromatic nitrogens is 3. The molecule has 0 spiro atoms. The summed E-state index contributed by atoms with van der Waals surface area (Å²) in [5, 5.41) is 6.82. The van der Waals surface area contributed by atoms with Gasteiger partial charge < -0.3 is 15.0 Å². The minimum Gasteiger partial charge on any atom is -0.406 e. The summed E-state index contributed by atoms with van der Waals surface area (Å²) in [6, 6.07) is 12.4. The Balaban J connectivity index is 1.55. The predicted octanol–water partition coefficient (Wildman–Crippen LogP) is 4.07. The van der Waals surface area contributed by atoms with Crippen LogP contribution < -0.4 is 10.1 Å². The van der Waals surface area contributed by atoms with Crippen LogP contribution in [0.15, 0.2) is 61.2 Å². The highest BCUT2D eigenvalue weighted by atomic mass is 19.4. The molecule has 0 aliphatic carbocycles. The van der Waals surface area contributed by atoms with E-state index in [0.717, 1.165) is 11.3 Å². The molecule has 2 amide bonds. The van der Waals surface area contributed by atoms with Crippen LogP contribution in [0, 0.1) is 0 Å². The maximum atomic E-state index is 12.5. The van der Waals surface area contributed by atoms with Crippen LogP contribution in [-0.2, 0) is 6.54 Å². The zero-order valence-corrected chi connectivity index (χ0v) is 16.3. The fraction of sp³-hybridized carbons (Fsp3) is 0.250. The molecule has 10 heteroatoms. The number of amides is 2. The minimum atomic E-state index is -4.73. The number of hydrogen-bond acceptors (Lipinski definition) is 4. The van der Waals surface area contributed by atoms with Gasteiger partial charge in [-0.15, -0.1) is 13.2 Å². The normalized spacial score (nSPS) is 12.3. The van der Waals surface area contributed by atoms with Crippen molar-refractivity contribution in [3.63, 3.8) is 0 Å². The summed E-state index contributed by atoms with van der Waals surface area (Å²) in [5.74, 6) is -0.308. The first kappa shape index (κ1) is 21.2. The standard InChI is InChI=1S/C20H20F3N5O2/c1-14(16-5-7-17(8-6-16)28-13-24-12-26-28)27(2)19(29)25-11-15-3-9-18(10-4-15)30-20(21,22)23/h3-10,12-14H,11H2,1-2H3,(H,25,29). The van der Waals surface area contributed by atoms with Crippen LogP contribution in [-0.4, -0.2) is 39.1 Å². The van der Waals surface area contributed by atoms with Gasteiger partial charge in [-0.2, -0.15) is 5.10 Å². The average Bonchev–Trinajstić information content (AvgIpc) is 3.26. The minimum absolute atomic E-state index is 0.174. The summed E-state index contributed by atoms with van der Waals surface area (Å²) in [6.07, 6.45) is -1.69. The molecule has 1 N–H and O–H groups in total. The van der Waals surface area contributed by atoms with E-state index in [1.54, 1.807) is 23.0 Å². The van der Waals surface area contributed by atoms with E-state index in [2.05, 4.69) is 20.1 Å². The van der Waals surface area contributed by atoms with Crippen molar-refractivity contribution in [3.8, 4) is 11.4 Å². The lowest BCUT2D eigenvalue weighted by Gasteiger charge is -2.26. The van der Waals surface area contributed by atoms with Gasteiger partial charge in [-0.3, -0.25) is 0 Å². The zero-order chi connectivity index (χ0) is 21.7. The van der Waals surface area contributed by atoms with Gasteiger partial charge in [0.25, 0.3) is 0 Å². The molecule has 158 valence electrons. The maximum absolute atomic E-state index is 12.5. The summed E-state index contributed by atoms with van der Waals surface area (Å²) in [7, 11) is 1.67. The van der Waals surface area contributed by atoms with Gasteiger partial charge in [-0.1, -0.05) is 24.3 Å². The van der Waals surface area contributed by atoms with Crippen molar-refractivity contribution in [2.45, 2.75) is 25.9 Å². The smallest absolute Gasteiger partial charge is 0.406 e. The van der Waals surface area contributed by atoms with Gasteiger partial charge in [-0.05, 0) is 42.3 Å². The fourth-order valence-corrected chi connectivity index (χ4v) is 2.76. The number of halogens is 3. The highest BCUT2D eigenvalue weighted by Gasteiger charge is 2.30.